The van der Waals surface area contributed by atoms with E-state index < -0.39 is 23.2 Å². The third kappa shape index (κ3) is 2.67. The Labute approximate surface area is 110 Å². The van der Waals surface area contributed by atoms with Gasteiger partial charge in [-0.1, -0.05) is 13.8 Å². The molecule has 1 aliphatic rings. The molecule has 0 aromatic heterocycles. The molecule has 1 aliphatic carbocycles. The highest BCUT2D eigenvalue weighted by atomic mass is 19.2. The third-order valence-corrected chi connectivity index (χ3v) is 4.27. The summed E-state index contributed by atoms with van der Waals surface area (Å²) >= 11 is 0. The lowest BCUT2D eigenvalue weighted by molar-refractivity contribution is 0.0832. The number of halogens is 3. The lowest BCUT2D eigenvalue weighted by atomic mass is 9.73. The number of rotatable bonds is 2. The number of carbonyl (C=O) groups excluding carboxylic acids is 1. The summed E-state index contributed by atoms with van der Waals surface area (Å²) in [5.41, 5.74) is -0.328. The molecular weight excluding hydrogens is 253 g/mol. The normalized spacial score (nSPS) is 27.3. The topological polar surface area (TPSA) is 17.1 Å². The van der Waals surface area contributed by atoms with Crippen LogP contribution in [0.5, 0.6) is 0 Å². The Morgan fingerprint density at radius 1 is 1.05 bits per heavy atom. The smallest absolute Gasteiger partial charge is 0.195 e. The van der Waals surface area contributed by atoms with Gasteiger partial charge in [-0.15, -0.1) is 0 Å². The van der Waals surface area contributed by atoms with E-state index in [1.807, 2.05) is 0 Å². The van der Waals surface area contributed by atoms with Crippen LogP contribution in [-0.2, 0) is 0 Å². The standard InChI is InChI=1S/C15H17F3O/c1-8-3-4-10(7-9(8)2)15(19)11-5-6-12(16)14(18)13(11)17/h5-6,8-10H,3-4,7H2,1-2H3. The number of carbonyl (C=O) groups is 1. The van der Waals surface area contributed by atoms with Gasteiger partial charge in [0.25, 0.3) is 0 Å². The number of Topliss-reactive ketones (excluding diaryl/α,β-unsaturated/α-hetero) is 1. The first-order valence-electron chi connectivity index (χ1n) is 6.59. The lowest BCUT2D eigenvalue weighted by Crippen LogP contribution is -2.27. The zero-order valence-electron chi connectivity index (χ0n) is 11.1. The Hall–Kier alpha value is -1.32. The molecule has 2 rings (SSSR count). The predicted molar refractivity (Wildman–Crippen MR) is 66.3 cm³/mol. The van der Waals surface area contributed by atoms with Gasteiger partial charge in [0.2, 0.25) is 0 Å². The summed E-state index contributed by atoms with van der Waals surface area (Å²) in [6.07, 6.45) is 2.27. The number of ketones is 1. The lowest BCUT2D eigenvalue weighted by Gasteiger charge is -2.31. The van der Waals surface area contributed by atoms with Crippen LogP contribution in [0.15, 0.2) is 12.1 Å². The fraction of sp³-hybridized carbons (Fsp3) is 0.533. The monoisotopic (exact) mass is 270 g/mol. The maximum absolute atomic E-state index is 13.6. The Morgan fingerprint density at radius 3 is 2.37 bits per heavy atom. The SMILES string of the molecule is CC1CCC(C(=O)c2ccc(F)c(F)c2F)CC1C. The molecule has 0 heterocycles. The van der Waals surface area contributed by atoms with Crippen LogP contribution in [0.1, 0.15) is 43.5 Å². The highest BCUT2D eigenvalue weighted by molar-refractivity contribution is 5.98. The van der Waals surface area contributed by atoms with Crippen LogP contribution in [0.2, 0.25) is 0 Å². The van der Waals surface area contributed by atoms with Crippen molar-refractivity contribution in [3.05, 3.63) is 35.1 Å². The van der Waals surface area contributed by atoms with Crippen molar-refractivity contribution in [2.75, 3.05) is 0 Å². The number of hydrogen-bond acceptors (Lipinski definition) is 1. The molecule has 1 nitrogen and oxygen atoms in total. The van der Waals surface area contributed by atoms with E-state index in [2.05, 4.69) is 13.8 Å². The van der Waals surface area contributed by atoms with Crippen molar-refractivity contribution in [3.63, 3.8) is 0 Å². The summed E-state index contributed by atoms with van der Waals surface area (Å²) in [6.45, 7) is 4.19. The van der Waals surface area contributed by atoms with Gasteiger partial charge in [0.15, 0.2) is 23.2 Å². The van der Waals surface area contributed by atoms with Gasteiger partial charge in [0, 0.05) is 5.92 Å². The minimum atomic E-state index is -1.57. The van der Waals surface area contributed by atoms with Crippen LogP contribution < -0.4 is 0 Å². The average molecular weight is 270 g/mol. The van der Waals surface area contributed by atoms with Crippen molar-refractivity contribution in [1.29, 1.82) is 0 Å². The molecule has 19 heavy (non-hydrogen) atoms. The minimum Gasteiger partial charge on any atom is -0.294 e. The summed E-state index contributed by atoms with van der Waals surface area (Å²) in [5, 5.41) is 0. The Morgan fingerprint density at radius 2 is 1.74 bits per heavy atom. The molecule has 0 bridgehead atoms. The predicted octanol–water partition coefficient (Wildman–Crippen LogP) is 4.36. The maximum Gasteiger partial charge on any atom is 0.195 e. The number of benzene rings is 1. The molecule has 1 aromatic rings. The second-order valence-electron chi connectivity index (χ2n) is 5.55. The van der Waals surface area contributed by atoms with E-state index >= 15 is 0 Å². The van der Waals surface area contributed by atoms with Crippen LogP contribution in [0.4, 0.5) is 13.2 Å². The van der Waals surface area contributed by atoms with Gasteiger partial charge < -0.3 is 0 Å². The third-order valence-electron chi connectivity index (χ3n) is 4.27. The van der Waals surface area contributed by atoms with Crippen molar-refractivity contribution in [2.24, 2.45) is 17.8 Å². The Bertz CT molecular complexity index is 498. The first-order chi connectivity index (χ1) is 8.91. The molecule has 4 heteroatoms. The van der Waals surface area contributed by atoms with E-state index in [1.54, 1.807) is 0 Å². The Balaban J connectivity index is 2.23. The molecule has 104 valence electrons. The fourth-order valence-corrected chi connectivity index (χ4v) is 2.72. The van der Waals surface area contributed by atoms with Gasteiger partial charge >= 0.3 is 0 Å². The Kier molecular flexibility index (Phi) is 3.97. The quantitative estimate of drug-likeness (QED) is 0.576. The number of hydrogen-bond donors (Lipinski definition) is 0. The fourth-order valence-electron chi connectivity index (χ4n) is 2.72. The first-order valence-corrected chi connectivity index (χ1v) is 6.59. The van der Waals surface area contributed by atoms with Crippen molar-refractivity contribution in [1.82, 2.24) is 0 Å². The van der Waals surface area contributed by atoms with Crippen LogP contribution in [-0.4, -0.2) is 5.78 Å². The highest BCUT2D eigenvalue weighted by Crippen LogP contribution is 2.35. The molecule has 0 radical (unpaired) electrons. The molecular formula is C15H17F3O. The second-order valence-corrected chi connectivity index (χ2v) is 5.55. The maximum atomic E-state index is 13.6. The van der Waals surface area contributed by atoms with E-state index in [1.165, 1.54) is 0 Å². The van der Waals surface area contributed by atoms with Crippen molar-refractivity contribution >= 4 is 5.78 Å². The molecule has 3 unspecified atom stereocenters. The van der Waals surface area contributed by atoms with Gasteiger partial charge in [-0.3, -0.25) is 4.79 Å². The zero-order valence-corrected chi connectivity index (χ0v) is 11.1. The summed E-state index contributed by atoms with van der Waals surface area (Å²) in [5.74, 6) is -3.96. The van der Waals surface area contributed by atoms with Crippen LogP contribution >= 0.6 is 0 Å². The summed E-state index contributed by atoms with van der Waals surface area (Å²) in [6, 6.07) is 1.85. The zero-order chi connectivity index (χ0) is 14.2. The molecule has 1 fully saturated rings. The second kappa shape index (κ2) is 5.35. The summed E-state index contributed by atoms with van der Waals surface area (Å²) in [7, 11) is 0. The molecule has 0 aliphatic heterocycles. The average Bonchev–Trinajstić information content (AvgIpc) is 2.39. The first kappa shape index (κ1) is 14.1. The van der Waals surface area contributed by atoms with Crippen LogP contribution in [0, 0.1) is 35.2 Å². The molecule has 0 saturated heterocycles. The molecule has 0 spiro atoms. The molecule has 0 amide bonds. The summed E-state index contributed by atoms with van der Waals surface area (Å²) < 4.78 is 39.6. The van der Waals surface area contributed by atoms with E-state index in [4.69, 9.17) is 0 Å². The van der Waals surface area contributed by atoms with Crippen LogP contribution in [0.25, 0.3) is 0 Å². The van der Waals surface area contributed by atoms with Gasteiger partial charge in [0.05, 0.1) is 5.56 Å². The van der Waals surface area contributed by atoms with Gasteiger partial charge in [-0.25, -0.2) is 13.2 Å². The van der Waals surface area contributed by atoms with Crippen molar-refractivity contribution in [3.8, 4) is 0 Å². The highest BCUT2D eigenvalue weighted by Gasteiger charge is 2.31. The largest absolute Gasteiger partial charge is 0.294 e. The van der Waals surface area contributed by atoms with E-state index in [9.17, 15) is 18.0 Å². The molecule has 1 saturated carbocycles. The van der Waals surface area contributed by atoms with Gasteiger partial charge in [0.1, 0.15) is 0 Å². The molecule has 1 aromatic carbocycles. The van der Waals surface area contributed by atoms with Gasteiger partial charge in [-0.2, -0.15) is 0 Å². The van der Waals surface area contributed by atoms with E-state index in [0.717, 1.165) is 18.6 Å². The minimum absolute atomic E-state index is 0.287. The van der Waals surface area contributed by atoms with E-state index in [-0.39, 0.29) is 11.5 Å². The summed E-state index contributed by atoms with van der Waals surface area (Å²) in [4.78, 5) is 12.2. The van der Waals surface area contributed by atoms with Crippen molar-refractivity contribution in [2.45, 2.75) is 33.1 Å². The molecule has 3 atom stereocenters. The molecule has 0 N–H and O–H groups in total. The van der Waals surface area contributed by atoms with E-state index in [0.29, 0.717) is 24.7 Å². The van der Waals surface area contributed by atoms with Crippen molar-refractivity contribution < 1.29 is 18.0 Å². The van der Waals surface area contributed by atoms with Crippen LogP contribution in [0.3, 0.4) is 0 Å². The van der Waals surface area contributed by atoms with Gasteiger partial charge in [-0.05, 0) is 43.2 Å².